The molecule has 6 rings (SSSR count). The molecule has 0 bridgehead atoms. The van der Waals surface area contributed by atoms with Crippen molar-refractivity contribution < 1.29 is 31.3 Å². The van der Waals surface area contributed by atoms with E-state index in [0.29, 0.717) is 26.0 Å². The molecule has 36 heavy (non-hydrogen) atoms. The summed E-state index contributed by atoms with van der Waals surface area (Å²) in [6, 6.07) is 20.4. The molecule has 0 N–H and O–H groups in total. The van der Waals surface area contributed by atoms with Gasteiger partial charge in [0, 0.05) is 42.0 Å². The highest BCUT2D eigenvalue weighted by atomic mass is 32.1. The van der Waals surface area contributed by atoms with Crippen LogP contribution >= 0.6 is 18.5 Å². The van der Waals surface area contributed by atoms with Crippen LogP contribution in [0.25, 0.3) is 20.5 Å². The fraction of sp³-hybridized carbons (Fsp3) is 0. The average molecular weight is 526 g/mol. The number of ketones is 1. The lowest BCUT2D eigenvalue weighted by Gasteiger charge is -2.16. The van der Waals surface area contributed by atoms with Crippen molar-refractivity contribution in [3.63, 3.8) is 0 Å². The Hall–Kier alpha value is -3.61. The normalized spacial score (nSPS) is 16.2. The van der Waals surface area contributed by atoms with Gasteiger partial charge in [-0.2, -0.15) is 0 Å². The number of fused-ring (bicyclic) bond motifs is 5. The van der Waals surface area contributed by atoms with Crippen LogP contribution in [-0.4, -0.2) is 5.78 Å². The first-order valence-corrected chi connectivity index (χ1v) is 13.2. The summed E-state index contributed by atoms with van der Waals surface area (Å²) >= 11 is 1.25. The zero-order chi connectivity index (χ0) is 25.4. The van der Waals surface area contributed by atoms with Gasteiger partial charge in [-0.3, -0.25) is 4.79 Å². The predicted octanol–water partition coefficient (Wildman–Crippen LogP) is 6.45. The van der Waals surface area contributed by atoms with Crippen LogP contribution in [0.2, 0.25) is 0 Å². The van der Waals surface area contributed by atoms with Crippen LogP contribution < -0.4 is 15.9 Å². The first-order valence-electron chi connectivity index (χ1n) is 10.6. The summed E-state index contributed by atoms with van der Waals surface area (Å²) in [6.45, 7) is 0. The predicted molar refractivity (Wildman–Crippen MR) is 130 cm³/mol. The highest BCUT2D eigenvalue weighted by Crippen LogP contribution is 2.56. The fourth-order valence-electron chi connectivity index (χ4n) is 4.63. The number of halogens is 5. The molecule has 5 aromatic rings. The van der Waals surface area contributed by atoms with E-state index >= 15 is 0 Å². The van der Waals surface area contributed by atoms with Gasteiger partial charge in [-0.15, -0.1) is 11.3 Å². The molecule has 1 aliphatic heterocycles. The minimum Gasteiger partial charge on any atom is -0.309 e. The quantitative estimate of drug-likeness (QED) is 0.0874. The minimum atomic E-state index is -3.27. The van der Waals surface area contributed by atoms with Crippen molar-refractivity contribution in [2.24, 2.45) is 0 Å². The Morgan fingerprint density at radius 2 is 1.33 bits per heavy atom. The van der Waals surface area contributed by atoms with Gasteiger partial charge in [0.2, 0.25) is 5.82 Å². The third-order valence-corrected chi connectivity index (χ3v) is 10.8. The molecule has 1 aliphatic rings. The van der Waals surface area contributed by atoms with Gasteiger partial charge in [0.15, 0.2) is 36.2 Å². The zero-order valence-corrected chi connectivity index (χ0v) is 19.7. The zero-order valence-electron chi connectivity index (χ0n) is 18.0. The molecule has 9 heteroatoms. The average Bonchev–Trinajstić information content (AvgIpc) is 3.41. The highest BCUT2D eigenvalue weighted by Gasteiger charge is 2.43. The third-order valence-electron chi connectivity index (χ3n) is 6.29. The standard InChI is InChI=1S/C27H12F5O2PS/c28-20-19(21(29)23(31)24(32)22(20)30)25(33)13-10-11-16-18(12-13)36-27-15-8-4-5-9-17(15)35(34,26(16)27)14-6-2-1-3-7-14/h1-12H. The Morgan fingerprint density at radius 3 is 2.03 bits per heavy atom. The number of carbonyl (C=O) groups is 1. The van der Waals surface area contributed by atoms with E-state index in [0.717, 1.165) is 10.4 Å². The van der Waals surface area contributed by atoms with Crippen LogP contribution in [-0.2, 0) is 4.57 Å². The molecule has 0 aliphatic carbocycles. The van der Waals surface area contributed by atoms with Crippen LogP contribution in [0.1, 0.15) is 15.9 Å². The van der Waals surface area contributed by atoms with Crippen molar-refractivity contribution in [2.45, 2.75) is 0 Å². The largest absolute Gasteiger partial charge is 0.309 e. The Morgan fingerprint density at radius 1 is 0.722 bits per heavy atom. The number of benzene rings is 4. The van der Waals surface area contributed by atoms with Crippen LogP contribution in [0.4, 0.5) is 22.0 Å². The van der Waals surface area contributed by atoms with E-state index in [1.807, 2.05) is 30.3 Å². The summed E-state index contributed by atoms with van der Waals surface area (Å²) in [6.07, 6.45) is 0. The molecule has 0 amide bonds. The van der Waals surface area contributed by atoms with Crippen molar-refractivity contribution >= 4 is 50.3 Å². The summed E-state index contributed by atoms with van der Waals surface area (Å²) in [5.41, 5.74) is -0.989. The molecule has 0 fully saturated rings. The molecule has 178 valence electrons. The molecule has 0 saturated heterocycles. The van der Waals surface area contributed by atoms with Gasteiger partial charge in [0.1, 0.15) is 5.56 Å². The third kappa shape index (κ3) is 2.95. The van der Waals surface area contributed by atoms with Gasteiger partial charge in [-0.05, 0) is 6.07 Å². The Labute approximate surface area is 205 Å². The lowest BCUT2D eigenvalue weighted by Crippen LogP contribution is -2.20. The number of thiophene rings is 1. The maximum Gasteiger partial charge on any atom is 0.200 e. The summed E-state index contributed by atoms with van der Waals surface area (Å²) in [5.74, 6) is -12.4. The minimum absolute atomic E-state index is 0.256. The topological polar surface area (TPSA) is 34.1 Å². The number of rotatable bonds is 3. The number of hydrogen-bond donors (Lipinski definition) is 0. The Balaban J connectivity index is 1.57. The van der Waals surface area contributed by atoms with Gasteiger partial charge in [0.05, 0.1) is 0 Å². The van der Waals surface area contributed by atoms with Crippen LogP contribution in [0.3, 0.4) is 0 Å². The van der Waals surface area contributed by atoms with Gasteiger partial charge in [0.25, 0.3) is 0 Å². The molecular weight excluding hydrogens is 514 g/mol. The second-order valence-electron chi connectivity index (χ2n) is 8.23. The van der Waals surface area contributed by atoms with E-state index in [4.69, 9.17) is 0 Å². The van der Waals surface area contributed by atoms with Crippen molar-refractivity contribution in [2.75, 3.05) is 0 Å². The Kier molecular flexibility index (Phi) is 5.04. The molecule has 2 nitrogen and oxygen atoms in total. The molecule has 1 atom stereocenters. The van der Waals surface area contributed by atoms with E-state index in [9.17, 15) is 31.3 Å². The van der Waals surface area contributed by atoms with Gasteiger partial charge >= 0.3 is 0 Å². The van der Waals surface area contributed by atoms with Crippen LogP contribution in [0.15, 0.2) is 72.8 Å². The fourth-order valence-corrected chi connectivity index (χ4v) is 9.62. The summed E-state index contributed by atoms with van der Waals surface area (Å²) in [7, 11) is -3.27. The summed E-state index contributed by atoms with van der Waals surface area (Å²) < 4.78 is 84.5. The highest BCUT2D eigenvalue weighted by molar-refractivity contribution is 7.87. The van der Waals surface area contributed by atoms with Crippen molar-refractivity contribution in [1.82, 2.24) is 0 Å². The second-order valence-corrected chi connectivity index (χ2v) is 11.9. The van der Waals surface area contributed by atoms with Gasteiger partial charge < -0.3 is 4.57 Å². The lowest BCUT2D eigenvalue weighted by molar-refractivity contribution is 0.102. The van der Waals surface area contributed by atoms with Gasteiger partial charge in [-0.1, -0.05) is 66.7 Å². The molecular formula is C27H12F5O2PS. The molecule has 0 radical (unpaired) electrons. The molecule has 2 heterocycles. The van der Waals surface area contributed by atoms with Crippen molar-refractivity contribution in [1.29, 1.82) is 0 Å². The van der Waals surface area contributed by atoms with E-state index in [-0.39, 0.29) is 5.56 Å². The van der Waals surface area contributed by atoms with E-state index in [1.54, 1.807) is 24.3 Å². The molecule has 0 spiro atoms. The van der Waals surface area contributed by atoms with Gasteiger partial charge in [-0.25, -0.2) is 22.0 Å². The monoisotopic (exact) mass is 526 g/mol. The van der Waals surface area contributed by atoms with E-state index < -0.39 is 47.6 Å². The SMILES string of the molecule is O=C(c1ccc2c3c(sc2c1)-c1ccccc1P3(=O)c1ccccc1)c1c(F)c(F)c(F)c(F)c1F. The van der Waals surface area contributed by atoms with Crippen LogP contribution in [0, 0.1) is 29.1 Å². The summed E-state index contributed by atoms with van der Waals surface area (Å²) in [5, 5.41) is 2.52. The summed E-state index contributed by atoms with van der Waals surface area (Å²) in [4.78, 5) is 13.6. The van der Waals surface area contributed by atoms with E-state index in [1.165, 1.54) is 29.5 Å². The van der Waals surface area contributed by atoms with Crippen molar-refractivity contribution in [3.05, 3.63) is 113 Å². The number of carbonyl (C=O) groups excluding carboxylic acids is 1. The van der Waals surface area contributed by atoms with Crippen molar-refractivity contribution in [3.8, 4) is 10.4 Å². The molecule has 1 aromatic heterocycles. The van der Waals surface area contributed by atoms with E-state index in [2.05, 4.69) is 0 Å². The lowest BCUT2D eigenvalue weighted by atomic mass is 10.0. The first kappa shape index (κ1) is 22.8. The molecule has 4 aromatic carbocycles. The maximum atomic E-state index is 14.7. The maximum absolute atomic E-state index is 14.7. The van der Waals surface area contributed by atoms with Crippen LogP contribution in [0.5, 0.6) is 0 Å². The second kappa shape index (κ2) is 7.95. The smallest absolute Gasteiger partial charge is 0.200 e. The molecule has 1 unspecified atom stereocenters. The Bertz CT molecular complexity index is 1770. The molecule has 0 saturated carbocycles. The first-order chi connectivity index (χ1) is 17.2. The number of hydrogen-bond acceptors (Lipinski definition) is 3.